The Morgan fingerprint density at radius 3 is 2.48 bits per heavy atom. The number of rotatable bonds is 5. The summed E-state index contributed by atoms with van der Waals surface area (Å²) in [6.07, 6.45) is 0. The van der Waals surface area contributed by atoms with Crippen molar-refractivity contribution in [3.8, 4) is 5.75 Å². The van der Waals surface area contributed by atoms with E-state index in [1.54, 1.807) is 37.3 Å². The predicted molar refractivity (Wildman–Crippen MR) is 105 cm³/mol. The molecule has 2 aromatic carbocycles. The van der Waals surface area contributed by atoms with E-state index in [1.807, 2.05) is 0 Å². The lowest BCUT2D eigenvalue weighted by Crippen LogP contribution is -2.43. The van der Waals surface area contributed by atoms with Gasteiger partial charge in [-0.1, -0.05) is 11.6 Å². The summed E-state index contributed by atoms with van der Waals surface area (Å²) in [5.41, 5.74) is 5.75. The van der Waals surface area contributed by atoms with Crippen LogP contribution in [0, 0.1) is 6.92 Å². The van der Waals surface area contributed by atoms with Crippen molar-refractivity contribution >= 4 is 40.4 Å². The minimum absolute atomic E-state index is 0.00810. The monoisotopic (exact) mass is 416 g/mol. The van der Waals surface area contributed by atoms with Crippen LogP contribution in [-0.2, 0) is 9.53 Å². The van der Waals surface area contributed by atoms with E-state index in [2.05, 4.69) is 10.9 Å². The minimum Gasteiger partial charge on any atom is -0.497 e. The van der Waals surface area contributed by atoms with Gasteiger partial charge >= 0.3 is 5.97 Å². The SMILES string of the molecule is COc1ccc2oc(C(=O)OCC(=O)NNC(=O)c3ccc(Cl)cc3)c(C)c2c1. The third kappa shape index (κ3) is 4.67. The first-order chi connectivity index (χ1) is 13.9. The average molecular weight is 417 g/mol. The van der Waals surface area contributed by atoms with Crippen molar-refractivity contribution < 1.29 is 28.3 Å². The third-order valence-corrected chi connectivity index (χ3v) is 4.34. The van der Waals surface area contributed by atoms with Crippen molar-refractivity contribution in [1.29, 1.82) is 0 Å². The number of carbonyl (C=O) groups excluding carboxylic acids is 3. The van der Waals surface area contributed by atoms with Crippen LogP contribution in [0.3, 0.4) is 0 Å². The quantitative estimate of drug-likeness (QED) is 0.489. The fourth-order valence-corrected chi connectivity index (χ4v) is 2.68. The van der Waals surface area contributed by atoms with Crippen LogP contribution >= 0.6 is 11.6 Å². The fourth-order valence-electron chi connectivity index (χ4n) is 2.55. The van der Waals surface area contributed by atoms with Crippen LogP contribution in [0.4, 0.5) is 0 Å². The maximum absolute atomic E-state index is 12.3. The molecule has 0 fully saturated rings. The van der Waals surface area contributed by atoms with Gasteiger partial charge in [-0.05, 0) is 49.4 Å². The van der Waals surface area contributed by atoms with E-state index in [-0.39, 0.29) is 5.76 Å². The molecule has 0 saturated carbocycles. The van der Waals surface area contributed by atoms with Gasteiger partial charge in [0.15, 0.2) is 6.61 Å². The number of fused-ring (bicyclic) bond motifs is 1. The molecule has 3 aromatic rings. The highest BCUT2D eigenvalue weighted by Gasteiger charge is 2.20. The second-order valence-corrected chi connectivity index (χ2v) is 6.44. The van der Waals surface area contributed by atoms with Crippen molar-refractivity contribution in [2.75, 3.05) is 13.7 Å². The molecule has 0 aliphatic carbocycles. The van der Waals surface area contributed by atoms with Gasteiger partial charge < -0.3 is 13.9 Å². The highest BCUT2D eigenvalue weighted by atomic mass is 35.5. The number of esters is 1. The van der Waals surface area contributed by atoms with Gasteiger partial charge in [-0.2, -0.15) is 0 Å². The van der Waals surface area contributed by atoms with Crippen molar-refractivity contribution in [2.24, 2.45) is 0 Å². The number of ether oxygens (including phenoxy) is 2. The molecular formula is C20H17ClN2O6. The molecule has 0 radical (unpaired) electrons. The first-order valence-electron chi connectivity index (χ1n) is 8.48. The van der Waals surface area contributed by atoms with E-state index in [0.717, 1.165) is 0 Å². The molecule has 2 N–H and O–H groups in total. The first kappa shape index (κ1) is 20.2. The van der Waals surface area contributed by atoms with Gasteiger partial charge in [0, 0.05) is 21.5 Å². The van der Waals surface area contributed by atoms with E-state index in [4.69, 9.17) is 25.5 Å². The van der Waals surface area contributed by atoms with E-state index >= 15 is 0 Å². The molecule has 2 amide bonds. The fraction of sp³-hybridized carbons (Fsp3) is 0.150. The van der Waals surface area contributed by atoms with Gasteiger partial charge in [-0.3, -0.25) is 20.4 Å². The minimum atomic E-state index is -0.795. The highest BCUT2D eigenvalue weighted by Crippen LogP contribution is 2.29. The summed E-state index contributed by atoms with van der Waals surface area (Å²) >= 11 is 5.75. The lowest BCUT2D eigenvalue weighted by atomic mass is 10.1. The Morgan fingerprint density at radius 2 is 1.79 bits per heavy atom. The molecule has 3 rings (SSSR count). The number of hydrogen-bond donors (Lipinski definition) is 2. The van der Waals surface area contributed by atoms with Gasteiger partial charge in [0.1, 0.15) is 11.3 Å². The molecule has 150 valence electrons. The van der Waals surface area contributed by atoms with Crippen LogP contribution in [-0.4, -0.2) is 31.5 Å². The van der Waals surface area contributed by atoms with E-state index < -0.39 is 24.4 Å². The zero-order valence-electron chi connectivity index (χ0n) is 15.6. The molecule has 1 heterocycles. The number of amides is 2. The summed E-state index contributed by atoms with van der Waals surface area (Å²) < 4.78 is 15.6. The van der Waals surface area contributed by atoms with Gasteiger partial charge in [-0.15, -0.1) is 0 Å². The predicted octanol–water partition coefficient (Wildman–Crippen LogP) is 3.02. The van der Waals surface area contributed by atoms with Crippen LogP contribution in [0.25, 0.3) is 11.0 Å². The second kappa shape index (κ2) is 8.66. The number of nitrogens with one attached hydrogen (secondary N) is 2. The van der Waals surface area contributed by atoms with Crippen LogP contribution in [0.15, 0.2) is 46.9 Å². The number of hydrazine groups is 1. The number of carbonyl (C=O) groups is 3. The highest BCUT2D eigenvalue weighted by molar-refractivity contribution is 6.30. The van der Waals surface area contributed by atoms with Crippen LogP contribution < -0.4 is 15.6 Å². The number of aryl methyl sites for hydroxylation is 1. The van der Waals surface area contributed by atoms with Crippen molar-refractivity contribution in [3.05, 3.63) is 64.4 Å². The average Bonchev–Trinajstić information content (AvgIpc) is 3.06. The summed E-state index contributed by atoms with van der Waals surface area (Å²) in [5.74, 6) is -1.43. The largest absolute Gasteiger partial charge is 0.497 e. The molecule has 29 heavy (non-hydrogen) atoms. The summed E-state index contributed by atoms with van der Waals surface area (Å²) in [6, 6.07) is 11.2. The molecule has 0 spiro atoms. The third-order valence-electron chi connectivity index (χ3n) is 4.08. The Kier molecular flexibility index (Phi) is 6.04. The van der Waals surface area contributed by atoms with Crippen molar-refractivity contribution in [2.45, 2.75) is 6.92 Å². The van der Waals surface area contributed by atoms with Gasteiger partial charge in [0.2, 0.25) is 5.76 Å². The molecule has 0 aliphatic rings. The molecule has 0 unspecified atom stereocenters. The van der Waals surface area contributed by atoms with E-state index in [9.17, 15) is 14.4 Å². The second-order valence-electron chi connectivity index (χ2n) is 6.00. The molecule has 0 bridgehead atoms. The van der Waals surface area contributed by atoms with Crippen LogP contribution in [0.1, 0.15) is 26.5 Å². The first-order valence-corrected chi connectivity index (χ1v) is 8.86. The molecule has 0 aliphatic heterocycles. The lowest BCUT2D eigenvalue weighted by molar-refractivity contribution is -0.125. The maximum Gasteiger partial charge on any atom is 0.375 e. The Morgan fingerprint density at radius 1 is 1.07 bits per heavy atom. The van der Waals surface area contributed by atoms with E-state index in [1.165, 1.54) is 19.2 Å². The molecule has 1 aromatic heterocycles. The van der Waals surface area contributed by atoms with Gasteiger partial charge in [0.25, 0.3) is 11.8 Å². The normalized spacial score (nSPS) is 10.4. The number of halogens is 1. The molecular weight excluding hydrogens is 400 g/mol. The molecule has 9 heteroatoms. The number of benzene rings is 2. The van der Waals surface area contributed by atoms with E-state index in [0.29, 0.717) is 32.9 Å². The Bertz CT molecular complexity index is 1070. The summed E-state index contributed by atoms with van der Waals surface area (Å²) in [4.78, 5) is 36.0. The lowest BCUT2D eigenvalue weighted by Gasteiger charge is -2.08. The topological polar surface area (TPSA) is 107 Å². The Hall–Kier alpha value is -3.52. The van der Waals surface area contributed by atoms with Crippen LogP contribution in [0.2, 0.25) is 5.02 Å². The number of furan rings is 1. The molecule has 0 saturated heterocycles. The smallest absolute Gasteiger partial charge is 0.375 e. The number of methoxy groups -OCH3 is 1. The Balaban J connectivity index is 1.55. The van der Waals surface area contributed by atoms with Crippen molar-refractivity contribution in [1.82, 2.24) is 10.9 Å². The summed E-state index contributed by atoms with van der Waals surface area (Å²) in [5, 5.41) is 1.19. The van der Waals surface area contributed by atoms with Gasteiger partial charge in [0.05, 0.1) is 7.11 Å². The van der Waals surface area contributed by atoms with Gasteiger partial charge in [-0.25, -0.2) is 4.79 Å². The zero-order chi connectivity index (χ0) is 21.0. The van der Waals surface area contributed by atoms with Crippen molar-refractivity contribution in [3.63, 3.8) is 0 Å². The Labute approximate surface area is 170 Å². The summed E-state index contributed by atoms with van der Waals surface area (Å²) in [6.45, 7) is 1.10. The zero-order valence-corrected chi connectivity index (χ0v) is 16.3. The standard InChI is InChI=1S/C20H17ClN2O6/c1-11-15-9-14(27-2)7-8-16(15)29-18(11)20(26)28-10-17(24)22-23-19(25)12-3-5-13(21)6-4-12/h3-9H,10H2,1-2H3,(H,22,24)(H,23,25). The maximum atomic E-state index is 12.3. The molecule has 0 atom stereocenters. The van der Waals surface area contributed by atoms with Crippen LogP contribution in [0.5, 0.6) is 5.75 Å². The number of hydrogen-bond acceptors (Lipinski definition) is 6. The summed E-state index contributed by atoms with van der Waals surface area (Å²) in [7, 11) is 1.54. The molecule has 8 nitrogen and oxygen atoms in total.